The molecule has 82 valence electrons. The van der Waals surface area contributed by atoms with Gasteiger partial charge in [-0.3, -0.25) is 4.79 Å². The van der Waals surface area contributed by atoms with Gasteiger partial charge in [-0.2, -0.15) is 0 Å². The van der Waals surface area contributed by atoms with Crippen LogP contribution in [0.15, 0.2) is 46.1 Å². The Kier molecular flexibility index (Phi) is 2.59. The average Bonchev–Trinajstić information content (AvgIpc) is 2.73. The van der Waals surface area contributed by atoms with E-state index in [1.807, 2.05) is 0 Å². The number of rotatable bonds is 3. The van der Waals surface area contributed by atoms with Crippen molar-refractivity contribution in [2.45, 2.75) is 6.54 Å². The molecule has 16 heavy (non-hydrogen) atoms. The fourth-order valence-electron chi connectivity index (χ4n) is 1.37. The molecule has 0 aliphatic rings. The third-order valence-corrected chi connectivity index (χ3v) is 2.13. The number of hydrogen-bond acceptors (Lipinski definition) is 3. The molecular weight excluding hydrogens is 210 g/mol. The van der Waals surface area contributed by atoms with Crippen LogP contribution in [0.5, 0.6) is 0 Å². The molecule has 0 amide bonds. The molecule has 1 N–H and O–H groups in total. The average molecular weight is 219 g/mol. The van der Waals surface area contributed by atoms with E-state index in [1.165, 1.54) is 24.7 Å². The van der Waals surface area contributed by atoms with E-state index in [9.17, 15) is 9.59 Å². The van der Waals surface area contributed by atoms with Crippen LogP contribution < -0.4 is 5.43 Å². The molecule has 0 atom stereocenters. The summed E-state index contributed by atoms with van der Waals surface area (Å²) >= 11 is 0. The SMILES string of the molecule is O=C(O)c1cn(Cc2ccco2)ccc1=O. The summed E-state index contributed by atoms with van der Waals surface area (Å²) in [6, 6.07) is 4.75. The monoisotopic (exact) mass is 219 g/mol. The summed E-state index contributed by atoms with van der Waals surface area (Å²) in [7, 11) is 0. The second kappa shape index (κ2) is 4.06. The number of aromatic nitrogens is 1. The largest absolute Gasteiger partial charge is 0.477 e. The van der Waals surface area contributed by atoms with Crippen molar-refractivity contribution in [3.63, 3.8) is 0 Å². The highest BCUT2D eigenvalue weighted by atomic mass is 16.4. The summed E-state index contributed by atoms with van der Waals surface area (Å²) in [6.45, 7) is 0.396. The van der Waals surface area contributed by atoms with E-state index in [2.05, 4.69) is 0 Å². The molecule has 0 aliphatic carbocycles. The van der Waals surface area contributed by atoms with Crippen LogP contribution >= 0.6 is 0 Å². The highest BCUT2D eigenvalue weighted by Gasteiger charge is 2.08. The highest BCUT2D eigenvalue weighted by Crippen LogP contribution is 2.03. The molecule has 0 aromatic carbocycles. The molecule has 5 nitrogen and oxygen atoms in total. The molecule has 2 rings (SSSR count). The van der Waals surface area contributed by atoms with Gasteiger partial charge in [0, 0.05) is 18.5 Å². The van der Waals surface area contributed by atoms with Gasteiger partial charge in [0.1, 0.15) is 11.3 Å². The first-order valence-corrected chi connectivity index (χ1v) is 4.62. The summed E-state index contributed by atoms with van der Waals surface area (Å²) in [5.74, 6) is -0.529. The Hall–Kier alpha value is -2.30. The van der Waals surface area contributed by atoms with E-state index >= 15 is 0 Å². The molecule has 0 saturated carbocycles. The second-order valence-electron chi connectivity index (χ2n) is 3.28. The number of furan rings is 1. The third-order valence-electron chi connectivity index (χ3n) is 2.13. The van der Waals surface area contributed by atoms with E-state index < -0.39 is 11.4 Å². The number of carboxylic acid groups (broad SMARTS) is 1. The predicted octanol–water partition coefficient (Wildman–Crippen LogP) is 1.19. The number of aromatic carboxylic acids is 1. The van der Waals surface area contributed by atoms with Gasteiger partial charge < -0.3 is 14.1 Å². The highest BCUT2D eigenvalue weighted by molar-refractivity contribution is 5.86. The third kappa shape index (κ3) is 2.03. The summed E-state index contributed by atoms with van der Waals surface area (Å²) in [4.78, 5) is 21.9. The Morgan fingerprint density at radius 3 is 2.88 bits per heavy atom. The van der Waals surface area contributed by atoms with Gasteiger partial charge in [0.15, 0.2) is 5.43 Å². The van der Waals surface area contributed by atoms with Crippen LogP contribution in [0.2, 0.25) is 0 Å². The van der Waals surface area contributed by atoms with Crippen LogP contribution in [-0.4, -0.2) is 15.6 Å². The molecule has 0 spiro atoms. The maximum Gasteiger partial charge on any atom is 0.341 e. The van der Waals surface area contributed by atoms with Crippen molar-refractivity contribution in [2.24, 2.45) is 0 Å². The Labute approximate surface area is 90.6 Å². The van der Waals surface area contributed by atoms with Crippen LogP contribution in [-0.2, 0) is 6.54 Å². The number of carbonyl (C=O) groups is 1. The molecular formula is C11H9NO4. The zero-order valence-electron chi connectivity index (χ0n) is 8.29. The number of nitrogens with zero attached hydrogens (tertiary/aromatic N) is 1. The van der Waals surface area contributed by atoms with Crippen molar-refractivity contribution in [1.82, 2.24) is 4.57 Å². The lowest BCUT2D eigenvalue weighted by atomic mass is 10.2. The van der Waals surface area contributed by atoms with Crippen LogP contribution in [0.1, 0.15) is 16.1 Å². The number of carboxylic acids is 1. The number of pyridine rings is 1. The lowest BCUT2D eigenvalue weighted by Crippen LogP contribution is -2.16. The maximum absolute atomic E-state index is 11.2. The lowest BCUT2D eigenvalue weighted by molar-refractivity contribution is 0.0694. The summed E-state index contributed by atoms with van der Waals surface area (Å²) in [6.07, 6.45) is 4.36. The van der Waals surface area contributed by atoms with Gasteiger partial charge >= 0.3 is 5.97 Å². The van der Waals surface area contributed by atoms with E-state index in [1.54, 1.807) is 16.7 Å². The Bertz CT molecular complexity index is 554. The van der Waals surface area contributed by atoms with Crippen molar-refractivity contribution in [3.8, 4) is 0 Å². The van der Waals surface area contributed by atoms with Gasteiger partial charge in [0.25, 0.3) is 0 Å². The van der Waals surface area contributed by atoms with Crippen molar-refractivity contribution in [1.29, 1.82) is 0 Å². The first-order valence-electron chi connectivity index (χ1n) is 4.62. The minimum atomic E-state index is -1.22. The van der Waals surface area contributed by atoms with E-state index in [0.717, 1.165) is 0 Å². The van der Waals surface area contributed by atoms with Crippen LogP contribution in [0.25, 0.3) is 0 Å². The zero-order chi connectivity index (χ0) is 11.5. The fraction of sp³-hybridized carbons (Fsp3) is 0.0909. The Morgan fingerprint density at radius 1 is 1.44 bits per heavy atom. The molecule has 2 heterocycles. The molecule has 0 fully saturated rings. The minimum Gasteiger partial charge on any atom is -0.477 e. The molecule has 2 aromatic rings. The molecule has 0 saturated heterocycles. The predicted molar refractivity (Wildman–Crippen MR) is 55.5 cm³/mol. The van der Waals surface area contributed by atoms with Crippen molar-refractivity contribution in [2.75, 3.05) is 0 Å². The number of hydrogen-bond donors (Lipinski definition) is 1. The minimum absolute atomic E-state index is 0.242. The topological polar surface area (TPSA) is 72.4 Å². The Balaban J connectivity index is 2.33. The summed E-state index contributed by atoms with van der Waals surface area (Å²) in [5, 5.41) is 8.78. The van der Waals surface area contributed by atoms with Crippen LogP contribution in [0.4, 0.5) is 0 Å². The van der Waals surface area contributed by atoms with Gasteiger partial charge in [0.05, 0.1) is 12.8 Å². The first kappa shape index (κ1) is 10.2. The van der Waals surface area contributed by atoms with Gasteiger partial charge in [-0.1, -0.05) is 0 Å². The van der Waals surface area contributed by atoms with Gasteiger partial charge in [-0.15, -0.1) is 0 Å². The van der Waals surface area contributed by atoms with Crippen LogP contribution in [0.3, 0.4) is 0 Å². The smallest absolute Gasteiger partial charge is 0.341 e. The maximum atomic E-state index is 11.2. The van der Waals surface area contributed by atoms with Gasteiger partial charge in [-0.05, 0) is 12.1 Å². The van der Waals surface area contributed by atoms with Crippen molar-refractivity contribution in [3.05, 3.63) is 58.4 Å². The molecule has 0 bridgehead atoms. The Morgan fingerprint density at radius 2 is 2.25 bits per heavy atom. The fourth-order valence-corrected chi connectivity index (χ4v) is 1.37. The standard InChI is InChI=1S/C11H9NO4/c13-10-3-4-12(7-9(10)11(14)15)6-8-2-1-5-16-8/h1-5,7H,6H2,(H,14,15). The normalized spacial score (nSPS) is 10.2. The van der Waals surface area contributed by atoms with E-state index in [4.69, 9.17) is 9.52 Å². The van der Waals surface area contributed by atoms with Crippen LogP contribution in [0, 0.1) is 0 Å². The quantitative estimate of drug-likeness (QED) is 0.841. The van der Waals surface area contributed by atoms with Crippen molar-refractivity contribution >= 4 is 5.97 Å². The van der Waals surface area contributed by atoms with E-state index in [-0.39, 0.29) is 5.56 Å². The second-order valence-corrected chi connectivity index (χ2v) is 3.28. The molecule has 0 radical (unpaired) electrons. The van der Waals surface area contributed by atoms with E-state index in [0.29, 0.717) is 12.3 Å². The summed E-state index contributed by atoms with van der Waals surface area (Å²) < 4.78 is 6.71. The van der Waals surface area contributed by atoms with Gasteiger partial charge in [0.2, 0.25) is 0 Å². The molecule has 0 aliphatic heterocycles. The molecule has 2 aromatic heterocycles. The molecule has 5 heteroatoms. The zero-order valence-corrected chi connectivity index (χ0v) is 8.29. The summed E-state index contributed by atoms with van der Waals surface area (Å²) in [5.41, 5.74) is -0.739. The first-order chi connectivity index (χ1) is 7.66. The van der Waals surface area contributed by atoms with Gasteiger partial charge in [-0.25, -0.2) is 4.79 Å². The molecule has 0 unspecified atom stereocenters. The lowest BCUT2D eigenvalue weighted by Gasteiger charge is -2.04. The van der Waals surface area contributed by atoms with Crippen molar-refractivity contribution < 1.29 is 14.3 Å².